The number of carbonyl (C=O) groups excluding carboxylic acids is 3. The van der Waals surface area contributed by atoms with Crippen LogP contribution in [0.1, 0.15) is 11.8 Å². The number of hydrogen-bond acceptors (Lipinski definition) is 36. The number of rotatable bonds is 22. The highest BCUT2D eigenvalue weighted by Crippen LogP contribution is 2.67. The molecule has 107 heavy (non-hydrogen) atoms. The predicted octanol–water partition coefficient (Wildman–Crippen LogP) is -4.69. The van der Waals surface area contributed by atoms with Crippen LogP contribution in [0.2, 0.25) is 0 Å². The van der Waals surface area contributed by atoms with Crippen molar-refractivity contribution in [1.82, 2.24) is 40.2 Å². The molecule has 0 bridgehead atoms. The normalized spacial score (nSPS) is 34.5. The number of amides is 3. The lowest BCUT2D eigenvalue weighted by Crippen LogP contribution is -2.46. The van der Waals surface area contributed by atoms with Gasteiger partial charge in [-0.15, -0.1) is 0 Å². The van der Waals surface area contributed by atoms with Crippen LogP contribution in [0.5, 0.6) is 5.75 Å². The molecule has 4 saturated heterocycles. The number of aromatic nitrogens is 2. The van der Waals surface area contributed by atoms with Crippen molar-refractivity contribution in [2.24, 2.45) is 0 Å². The first kappa shape index (κ1) is 88.3. The lowest BCUT2D eigenvalue weighted by molar-refractivity contribution is -0.208. The van der Waals surface area contributed by atoms with Crippen LogP contribution in [0.4, 0.5) is 17.6 Å². The Hall–Kier alpha value is -5.88. The van der Waals surface area contributed by atoms with E-state index in [0.717, 1.165) is 57.6 Å². The first-order valence-electron chi connectivity index (χ1n) is 28.4. The van der Waals surface area contributed by atoms with Gasteiger partial charge in [0.1, 0.15) is 98.5 Å². The minimum atomic E-state index is -5.87. The molecule has 9 heterocycles. The Morgan fingerprint density at radius 2 is 0.850 bits per heavy atom. The van der Waals surface area contributed by atoms with Gasteiger partial charge in [0.2, 0.25) is 0 Å². The number of fused-ring (bicyclic) bond motifs is 1. The number of hydrogen-bond donors (Lipinski definition) is 21. The second kappa shape index (κ2) is 33.2. The zero-order valence-corrected chi connectivity index (χ0v) is 59.0. The summed E-state index contributed by atoms with van der Waals surface area (Å²) < 4.78 is 195. The largest absolute Gasteiger partial charge is 0.530 e. The van der Waals surface area contributed by atoms with E-state index >= 15 is 4.39 Å². The van der Waals surface area contributed by atoms with Gasteiger partial charge in [-0.2, -0.15) is 12.9 Å². The summed E-state index contributed by atoms with van der Waals surface area (Å²) in [4.78, 5) is 140. The molecule has 10 rings (SSSR count). The van der Waals surface area contributed by atoms with Crippen LogP contribution >= 0.6 is 54.8 Å². The molecular weight excluding hydrogens is 1630 g/mol. The summed E-state index contributed by atoms with van der Waals surface area (Å²) in [5.74, 6) is -14.1. The van der Waals surface area contributed by atoms with Crippen LogP contribution in [0.15, 0.2) is 120 Å². The molecule has 2 aromatic rings. The number of phosphoric acid groups is 7. The summed E-state index contributed by atoms with van der Waals surface area (Å²) in [6.45, 7) is 4.82. The lowest BCUT2D eigenvalue weighted by atomic mass is 10.1. The number of benzene rings is 1. The van der Waals surface area contributed by atoms with Crippen LogP contribution < -0.4 is 31.7 Å². The molecule has 3 amide bonds. The maximum atomic E-state index is 15.2. The van der Waals surface area contributed by atoms with Gasteiger partial charge < -0.3 is 139 Å². The van der Waals surface area contributed by atoms with Crippen molar-refractivity contribution in [3.05, 3.63) is 137 Å². The molecule has 61 heteroatoms. The van der Waals surface area contributed by atoms with E-state index in [-0.39, 0.29) is 29.8 Å². The summed E-state index contributed by atoms with van der Waals surface area (Å²) in [5, 5.41) is 86.3. The molecule has 1 aromatic carbocycles. The van der Waals surface area contributed by atoms with Crippen molar-refractivity contribution in [2.45, 2.75) is 104 Å². The Balaban J connectivity index is 0.000000200. The van der Waals surface area contributed by atoms with E-state index in [1.807, 2.05) is 0 Å². The molecule has 1 aromatic heterocycles. The fourth-order valence-corrected chi connectivity index (χ4v) is 15.6. The van der Waals surface area contributed by atoms with Gasteiger partial charge in [0, 0.05) is 54.7 Å². The maximum absolute atomic E-state index is 15.2. The molecular formula is C46H61F4N8O42P7. The van der Waals surface area contributed by atoms with E-state index < -0.39 is 207 Å². The Morgan fingerprint density at radius 1 is 0.495 bits per heavy atom. The molecule has 8 aliphatic rings. The molecule has 0 spiro atoms. The molecule has 8 aliphatic heterocycles. The number of alkyl halides is 4. The fraction of sp³-hybridized carbons (Fsp3) is 0.457. The van der Waals surface area contributed by atoms with Gasteiger partial charge in [-0.05, 0) is 6.07 Å². The van der Waals surface area contributed by atoms with Crippen LogP contribution in [-0.4, -0.2) is 244 Å². The van der Waals surface area contributed by atoms with Crippen molar-refractivity contribution in [1.29, 1.82) is 0 Å². The number of nitrogens with one attached hydrogen (secondary N) is 4. The zero-order valence-electron chi connectivity index (χ0n) is 52.8. The van der Waals surface area contributed by atoms with Gasteiger partial charge >= 0.3 is 60.4 Å². The van der Waals surface area contributed by atoms with E-state index in [1.165, 1.54) is 6.20 Å². The monoisotopic (exact) mass is 1690 g/mol. The number of carbonyl (C=O) groups is 3. The van der Waals surface area contributed by atoms with Gasteiger partial charge in [0.25, 0.3) is 46.7 Å². The van der Waals surface area contributed by atoms with E-state index in [1.54, 1.807) is 29.2 Å². The lowest BCUT2D eigenvalue weighted by Gasteiger charge is -2.32. The Kier molecular flexibility index (Phi) is 27.4. The third-order valence-corrected chi connectivity index (χ3v) is 21.9. The van der Waals surface area contributed by atoms with Crippen molar-refractivity contribution < 1.29 is 208 Å². The topological polar surface area (TPSA) is 735 Å². The third kappa shape index (κ3) is 22.7. The molecule has 0 radical (unpaired) electrons. The number of H-pyrrole nitrogens is 1. The molecule has 21 N–H and O–H groups in total. The average molecular weight is 1690 g/mol. The molecule has 0 saturated carbocycles. The van der Waals surface area contributed by atoms with Crippen molar-refractivity contribution in [2.75, 3.05) is 26.4 Å². The first-order valence-corrected chi connectivity index (χ1v) is 39.0. The van der Waals surface area contributed by atoms with Gasteiger partial charge in [-0.3, -0.25) is 51.3 Å². The van der Waals surface area contributed by atoms with Crippen molar-refractivity contribution in [3.8, 4) is 5.75 Å². The maximum Gasteiger partial charge on any atom is 0.530 e. The van der Waals surface area contributed by atoms with Gasteiger partial charge in [-0.25, -0.2) is 54.3 Å². The van der Waals surface area contributed by atoms with E-state index in [2.05, 4.69) is 66.9 Å². The number of halogens is 4. The Morgan fingerprint density at radius 3 is 1.23 bits per heavy atom. The van der Waals surface area contributed by atoms with Crippen molar-refractivity contribution in [3.63, 3.8) is 0 Å². The third-order valence-electron chi connectivity index (χ3n) is 14.2. The second-order valence-corrected chi connectivity index (χ2v) is 32.1. The number of ether oxygens (including phenoxy) is 4. The number of aliphatic hydroxyl groups is 8. The van der Waals surface area contributed by atoms with E-state index in [4.69, 9.17) is 66.9 Å². The quantitative estimate of drug-likeness (QED) is 0.0389. The van der Waals surface area contributed by atoms with Crippen LogP contribution in [-0.2, 0) is 107 Å². The number of para-hydroxylation sites is 1. The minimum Gasteiger partial charge on any atom is -0.404 e. The highest BCUT2D eigenvalue weighted by atomic mass is 31.3. The van der Waals surface area contributed by atoms with Gasteiger partial charge in [0.05, 0.1) is 6.61 Å². The summed E-state index contributed by atoms with van der Waals surface area (Å²) >= 11 is 0. The van der Waals surface area contributed by atoms with E-state index in [9.17, 15) is 115 Å². The summed E-state index contributed by atoms with van der Waals surface area (Å²) in [7, 11) is -37.3. The van der Waals surface area contributed by atoms with Crippen LogP contribution in [0.3, 0.4) is 0 Å². The van der Waals surface area contributed by atoms with Gasteiger partial charge in [0.15, 0.2) is 24.9 Å². The first-order chi connectivity index (χ1) is 48.9. The summed E-state index contributed by atoms with van der Waals surface area (Å²) in [6, 6.07) is 7.47. The Bertz CT molecular complexity index is 4320. The minimum absolute atomic E-state index is 0.0160. The molecule has 50 nitrogen and oxygen atoms in total. The second-order valence-electron chi connectivity index (χ2n) is 22.1. The smallest absolute Gasteiger partial charge is 0.404 e. The fourth-order valence-electron chi connectivity index (χ4n) is 9.38. The highest BCUT2D eigenvalue weighted by molar-refractivity contribution is 7.66. The molecule has 20 atom stereocenters. The number of aliphatic hydroxyl groups excluding tert-OH is 8. The highest BCUT2D eigenvalue weighted by Gasteiger charge is 2.62. The summed E-state index contributed by atoms with van der Waals surface area (Å²) in [6.07, 6.45) is -15.6. The number of phosphoric ester groups is 4. The molecule has 0 aliphatic carbocycles. The van der Waals surface area contributed by atoms with Gasteiger partial charge in [-0.1, -0.05) is 37.9 Å². The molecule has 4 unspecified atom stereocenters. The number of aromatic amines is 1. The van der Waals surface area contributed by atoms with Crippen molar-refractivity contribution >= 4 is 72.5 Å². The average Bonchev–Trinajstić information content (AvgIpc) is 1.66. The predicted molar refractivity (Wildman–Crippen MR) is 326 cm³/mol. The van der Waals surface area contributed by atoms with Crippen LogP contribution in [0.25, 0.3) is 0 Å². The summed E-state index contributed by atoms with van der Waals surface area (Å²) in [5.41, 5.74) is -1.37. The Labute approximate surface area is 591 Å². The zero-order chi connectivity index (χ0) is 80.6. The number of nitrogens with zero attached hydrogens (tertiary/aromatic N) is 4. The molecule has 600 valence electrons. The standard InChI is InChI=1S/C17H18FN2O8P.C10H15FN2O11P2.C10H14FN2O8P.C9H14FN2O15P3/c1-10-19-13(21)6-7-20(10)16-14(22)15(23)17(18,27-16)9-26-29(24)25-8-11-4-2-3-5-12(11)28-29;1-5-12-6(14)2-3-13(5)9-7(15)8(16)10(11,23-9)4-22-26(20,21)24-25(17,18)19;1-5-12-6(14)2-3-13(5)9-7(15)8(16)10(11,21-9)4-20-22(17,18)19;10-9(3-24-29(20,21)27-30(22,23)26-28(17,18)19)6(15)5(14)7(25-9)12-2-1-4(13)11-8(12)16/h2-7,14-16,22-23H,1,8-9H2,(H,19,21);2-3,7-9,15-16H,1,4H2,(H,12,14)(H,20,21)(H2,17,18,19);2-3,7-9,15-16H,1,4H2,(H,12,14)(H2,17,18,19);1-2,5-7,14-15H,3H2,(H,20,21)(H,22,23)(H,11,13,16)(H2,17,18,19)/t14-,15+,16-,17-,29?;2*7-,8+,9-,10-;5-,6+,7-,9-/m1111/s1. The SMILES string of the molecule is C=C1NC(=O)C=CN1[C@@H]1O[C@](F)(COP(=O)(O)O)[C@@H](O)[C@H]1O.C=C1NC(=O)C=CN1[C@@H]1O[C@](F)(COP(=O)(O)OP(=O)(O)O)[C@@H](O)[C@H]1O.C=C1NC(=O)C=CN1[C@@H]1O[C@](F)(COP2(=O)OCc3ccccc3O2)[C@@H](O)[C@H]1O.O=c1ccn([C@@H]2O[C@](F)(COP(=O)(O)OP(=O)(O)OP(=O)(O)O)[C@@H](O)[C@H]2O)c(=O)[nH]1. The van der Waals surface area contributed by atoms with Crippen LogP contribution in [0, 0.1) is 0 Å². The van der Waals surface area contributed by atoms with E-state index in [0.29, 0.717) is 10.1 Å². The molecule has 4 fully saturated rings.